The normalized spacial score (nSPS) is 21.7. The Bertz CT molecular complexity index is 801. The first-order valence-electron chi connectivity index (χ1n) is 13.8. The highest BCUT2D eigenvalue weighted by Gasteiger charge is 2.26. The minimum absolute atomic E-state index is 0.0449. The van der Waals surface area contributed by atoms with Gasteiger partial charge in [-0.3, -0.25) is 14.5 Å². The van der Waals surface area contributed by atoms with Crippen molar-refractivity contribution in [3.63, 3.8) is 0 Å². The maximum Gasteiger partial charge on any atom is 0.234 e. The van der Waals surface area contributed by atoms with Crippen molar-refractivity contribution in [1.82, 2.24) is 14.7 Å². The van der Waals surface area contributed by atoms with Crippen LogP contribution in [0.4, 0.5) is 5.69 Å². The Labute approximate surface area is 213 Å². The van der Waals surface area contributed by atoms with Crippen LogP contribution in [0, 0.1) is 11.3 Å². The largest absolute Gasteiger partial charge is 0.312 e. The first kappa shape index (κ1) is 27.8. The molecule has 0 atom stereocenters. The van der Waals surface area contributed by atoms with Crippen LogP contribution < -0.4 is 4.90 Å². The van der Waals surface area contributed by atoms with Gasteiger partial charge in [0.25, 0.3) is 0 Å². The quantitative estimate of drug-likeness (QED) is 0.564. The van der Waals surface area contributed by atoms with Gasteiger partial charge in [0.05, 0.1) is 6.42 Å². The predicted molar refractivity (Wildman–Crippen MR) is 145 cm³/mol. The smallest absolute Gasteiger partial charge is 0.234 e. The van der Waals surface area contributed by atoms with Gasteiger partial charge in [-0.25, -0.2) is 0 Å². The number of ketones is 1. The minimum Gasteiger partial charge on any atom is -0.312 e. The molecule has 1 aromatic rings. The van der Waals surface area contributed by atoms with Crippen molar-refractivity contribution in [2.24, 2.45) is 11.3 Å². The maximum atomic E-state index is 12.1. The Morgan fingerprint density at radius 3 is 1.97 bits per heavy atom. The first-order chi connectivity index (χ1) is 16.7. The highest BCUT2D eigenvalue weighted by Crippen LogP contribution is 2.24. The SMILES string of the molecule is CC.CC(C)(C)CN1CCN(CC2CCN(Cc3ccc(N4CCC(=O)CC4=O)cc3)CC2)CC1. The lowest BCUT2D eigenvalue weighted by Crippen LogP contribution is -2.50. The number of piperidine rings is 2. The number of hydrogen-bond donors (Lipinski definition) is 0. The van der Waals surface area contributed by atoms with Gasteiger partial charge in [0.15, 0.2) is 0 Å². The lowest BCUT2D eigenvalue weighted by Gasteiger charge is -2.40. The molecule has 0 unspecified atom stereocenters. The number of nitrogens with zero attached hydrogens (tertiary/aromatic N) is 4. The molecule has 1 aromatic carbocycles. The average molecular weight is 485 g/mol. The van der Waals surface area contributed by atoms with Crippen LogP contribution in [0.3, 0.4) is 0 Å². The number of Topliss-reactive ketones (excluding diaryl/α,β-unsaturated/α-hetero) is 1. The molecule has 0 bridgehead atoms. The van der Waals surface area contributed by atoms with Crippen LogP contribution in [0.15, 0.2) is 24.3 Å². The molecule has 0 radical (unpaired) electrons. The number of piperazine rings is 1. The number of carbonyl (C=O) groups is 2. The van der Waals surface area contributed by atoms with E-state index in [0.29, 0.717) is 18.4 Å². The number of carbonyl (C=O) groups excluding carboxylic acids is 2. The summed E-state index contributed by atoms with van der Waals surface area (Å²) in [5.41, 5.74) is 2.60. The zero-order valence-electron chi connectivity index (χ0n) is 22.9. The zero-order valence-corrected chi connectivity index (χ0v) is 22.9. The van der Waals surface area contributed by atoms with Gasteiger partial charge in [0.1, 0.15) is 5.78 Å². The fraction of sp³-hybridized carbons (Fsp3) is 0.724. The van der Waals surface area contributed by atoms with Crippen LogP contribution in [-0.4, -0.2) is 85.3 Å². The summed E-state index contributed by atoms with van der Waals surface area (Å²) in [5, 5.41) is 0. The van der Waals surface area contributed by atoms with E-state index in [9.17, 15) is 9.59 Å². The van der Waals surface area contributed by atoms with E-state index in [2.05, 4.69) is 47.6 Å². The molecular formula is C29H48N4O2. The Balaban J connectivity index is 0.00000167. The lowest BCUT2D eigenvalue weighted by molar-refractivity contribution is -0.128. The fourth-order valence-electron chi connectivity index (χ4n) is 5.52. The van der Waals surface area contributed by atoms with Crippen LogP contribution in [0.25, 0.3) is 0 Å². The van der Waals surface area contributed by atoms with Crippen molar-refractivity contribution in [3.8, 4) is 0 Å². The highest BCUT2D eigenvalue weighted by atomic mass is 16.2. The predicted octanol–water partition coefficient (Wildman–Crippen LogP) is 4.28. The molecule has 1 amide bonds. The van der Waals surface area contributed by atoms with Crippen molar-refractivity contribution < 1.29 is 9.59 Å². The molecule has 0 N–H and O–H groups in total. The van der Waals surface area contributed by atoms with E-state index >= 15 is 0 Å². The van der Waals surface area contributed by atoms with Gasteiger partial charge >= 0.3 is 0 Å². The van der Waals surface area contributed by atoms with Crippen molar-refractivity contribution in [1.29, 1.82) is 0 Å². The molecule has 0 aromatic heterocycles. The number of benzene rings is 1. The van der Waals surface area contributed by atoms with Crippen LogP contribution in [0.1, 0.15) is 65.9 Å². The van der Waals surface area contributed by atoms with E-state index in [1.807, 2.05) is 26.0 Å². The number of hydrogen-bond acceptors (Lipinski definition) is 5. The van der Waals surface area contributed by atoms with Crippen LogP contribution in [0.5, 0.6) is 0 Å². The molecule has 3 saturated heterocycles. The van der Waals surface area contributed by atoms with Gasteiger partial charge in [0.2, 0.25) is 5.91 Å². The monoisotopic (exact) mass is 484 g/mol. The summed E-state index contributed by atoms with van der Waals surface area (Å²) in [4.78, 5) is 33.2. The average Bonchev–Trinajstić information content (AvgIpc) is 2.83. The molecule has 0 saturated carbocycles. The van der Waals surface area contributed by atoms with Gasteiger partial charge in [-0.15, -0.1) is 0 Å². The van der Waals surface area contributed by atoms with Crippen molar-refractivity contribution >= 4 is 17.4 Å². The molecule has 3 aliphatic heterocycles. The molecule has 6 nitrogen and oxygen atoms in total. The van der Waals surface area contributed by atoms with Crippen molar-refractivity contribution in [3.05, 3.63) is 29.8 Å². The second kappa shape index (κ2) is 13.0. The highest BCUT2D eigenvalue weighted by molar-refractivity contribution is 6.08. The Kier molecular flexibility index (Phi) is 10.3. The molecule has 196 valence electrons. The topological polar surface area (TPSA) is 47.1 Å². The zero-order chi connectivity index (χ0) is 25.4. The first-order valence-corrected chi connectivity index (χ1v) is 13.8. The standard InChI is InChI=1S/C27H42N4O2.C2H6/c1-27(2,3)21-30-16-14-29(15-17-30)20-23-8-11-28(12-9-23)19-22-4-6-24(7-5-22)31-13-10-25(32)18-26(31)33;1-2/h4-7,23H,8-21H2,1-3H3;1-2H3. The summed E-state index contributed by atoms with van der Waals surface area (Å²) in [7, 11) is 0. The lowest BCUT2D eigenvalue weighted by atomic mass is 9.94. The van der Waals surface area contributed by atoms with E-state index < -0.39 is 0 Å². The summed E-state index contributed by atoms with van der Waals surface area (Å²) in [5.74, 6) is 0.807. The van der Waals surface area contributed by atoms with Crippen LogP contribution in [-0.2, 0) is 16.1 Å². The second-order valence-electron chi connectivity index (χ2n) is 11.5. The molecule has 3 fully saturated rings. The van der Waals surface area contributed by atoms with E-state index in [1.165, 1.54) is 70.8 Å². The third-order valence-corrected chi connectivity index (χ3v) is 7.30. The molecule has 3 heterocycles. The number of anilines is 1. The van der Waals surface area contributed by atoms with E-state index in [-0.39, 0.29) is 18.1 Å². The van der Waals surface area contributed by atoms with Crippen molar-refractivity contribution in [2.45, 2.75) is 66.8 Å². The number of amides is 1. The summed E-state index contributed by atoms with van der Waals surface area (Å²) in [6.45, 7) is 22.2. The molecular weight excluding hydrogens is 436 g/mol. The fourth-order valence-corrected chi connectivity index (χ4v) is 5.52. The molecule has 4 rings (SSSR count). The third kappa shape index (κ3) is 8.69. The Morgan fingerprint density at radius 1 is 0.800 bits per heavy atom. The third-order valence-electron chi connectivity index (χ3n) is 7.30. The van der Waals surface area contributed by atoms with Gasteiger partial charge in [-0.2, -0.15) is 0 Å². The molecule has 0 spiro atoms. The molecule has 0 aliphatic carbocycles. The maximum absolute atomic E-state index is 12.1. The minimum atomic E-state index is -0.0725. The Hall–Kier alpha value is -1.76. The van der Waals surface area contributed by atoms with Gasteiger partial charge in [0, 0.05) is 64.5 Å². The van der Waals surface area contributed by atoms with E-state index in [4.69, 9.17) is 0 Å². The molecule has 35 heavy (non-hydrogen) atoms. The summed E-state index contributed by atoms with van der Waals surface area (Å²) >= 11 is 0. The van der Waals surface area contributed by atoms with Crippen molar-refractivity contribution in [2.75, 3.05) is 63.8 Å². The number of rotatable bonds is 6. The second-order valence-corrected chi connectivity index (χ2v) is 11.5. The van der Waals surface area contributed by atoms with Crippen LogP contribution in [0.2, 0.25) is 0 Å². The van der Waals surface area contributed by atoms with E-state index in [0.717, 1.165) is 18.2 Å². The van der Waals surface area contributed by atoms with Gasteiger partial charge in [-0.1, -0.05) is 46.8 Å². The molecule has 6 heteroatoms. The summed E-state index contributed by atoms with van der Waals surface area (Å²) in [6, 6.07) is 8.36. The molecule has 3 aliphatic rings. The van der Waals surface area contributed by atoms with Crippen LogP contribution >= 0.6 is 0 Å². The van der Waals surface area contributed by atoms with E-state index in [1.54, 1.807) is 4.90 Å². The van der Waals surface area contributed by atoms with Gasteiger partial charge in [-0.05, 0) is 55.0 Å². The number of likely N-dealkylation sites (tertiary alicyclic amines) is 1. The van der Waals surface area contributed by atoms with Gasteiger partial charge < -0.3 is 14.7 Å². The Morgan fingerprint density at radius 2 is 1.40 bits per heavy atom. The summed E-state index contributed by atoms with van der Waals surface area (Å²) < 4.78 is 0. The summed E-state index contributed by atoms with van der Waals surface area (Å²) in [6.07, 6.45) is 3.09.